The summed E-state index contributed by atoms with van der Waals surface area (Å²) >= 11 is 0. The predicted octanol–water partition coefficient (Wildman–Crippen LogP) is 2.06. The second-order valence-electron chi connectivity index (χ2n) is 3.22. The second kappa shape index (κ2) is 4.56. The van der Waals surface area contributed by atoms with E-state index in [1.165, 1.54) is 25.4 Å². The van der Waals surface area contributed by atoms with Crippen LogP contribution >= 0.6 is 0 Å². The van der Waals surface area contributed by atoms with E-state index in [2.05, 4.69) is 9.97 Å². The van der Waals surface area contributed by atoms with E-state index in [4.69, 9.17) is 4.74 Å². The van der Waals surface area contributed by atoms with E-state index in [0.717, 1.165) is 0 Å². The van der Waals surface area contributed by atoms with E-state index in [1.54, 1.807) is 18.3 Å². The monoisotopic (exact) mass is 231 g/mol. The van der Waals surface area contributed by atoms with Crippen LogP contribution < -0.4 is 4.74 Å². The summed E-state index contributed by atoms with van der Waals surface area (Å²) in [5.74, 6) is 0.328. The van der Waals surface area contributed by atoms with Gasteiger partial charge in [-0.3, -0.25) is 15.1 Å². The standard InChI is InChI=1S/C11H9N3O3/c1-17-10-5-4-9(14(15)16)11(13-10)8-3-2-6-12-7-8/h2-7H,1H3. The van der Waals surface area contributed by atoms with E-state index in [9.17, 15) is 10.1 Å². The van der Waals surface area contributed by atoms with Gasteiger partial charge in [0.25, 0.3) is 5.69 Å². The van der Waals surface area contributed by atoms with Crippen molar-refractivity contribution >= 4 is 5.69 Å². The zero-order chi connectivity index (χ0) is 12.3. The number of pyridine rings is 2. The SMILES string of the molecule is COc1ccc([N+](=O)[O-])c(-c2cccnc2)n1. The molecule has 6 nitrogen and oxygen atoms in total. The van der Waals surface area contributed by atoms with Gasteiger partial charge in [0, 0.05) is 30.1 Å². The first-order valence-corrected chi connectivity index (χ1v) is 4.82. The Balaban J connectivity index is 2.61. The van der Waals surface area contributed by atoms with Crippen LogP contribution in [0.15, 0.2) is 36.7 Å². The van der Waals surface area contributed by atoms with Gasteiger partial charge < -0.3 is 4.74 Å². The summed E-state index contributed by atoms with van der Waals surface area (Å²) in [7, 11) is 1.46. The average molecular weight is 231 g/mol. The Kier molecular flexibility index (Phi) is 2.95. The lowest BCUT2D eigenvalue weighted by atomic mass is 10.1. The third-order valence-electron chi connectivity index (χ3n) is 2.19. The van der Waals surface area contributed by atoms with Crippen molar-refractivity contribution in [2.24, 2.45) is 0 Å². The van der Waals surface area contributed by atoms with E-state index in [0.29, 0.717) is 11.4 Å². The van der Waals surface area contributed by atoms with Crippen LogP contribution in [-0.2, 0) is 0 Å². The molecule has 0 aliphatic carbocycles. The average Bonchev–Trinajstić information content (AvgIpc) is 2.39. The van der Waals surface area contributed by atoms with Crippen LogP contribution in [0.1, 0.15) is 0 Å². The molecule has 0 spiro atoms. The molecule has 0 saturated heterocycles. The summed E-state index contributed by atoms with van der Waals surface area (Å²) in [6.07, 6.45) is 3.12. The maximum absolute atomic E-state index is 10.9. The molecule has 6 heteroatoms. The smallest absolute Gasteiger partial charge is 0.295 e. The van der Waals surface area contributed by atoms with Gasteiger partial charge in [-0.05, 0) is 12.1 Å². The predicted molar refractivity (Wildman–Crippen MR) is 60.7 cm³/mol. The number of aromatic nitrogens is 2. The Morgan fingerprint density at radius 2 is 2.18 bits per heavy atom. The molecule has 0 saturated carbocycles. The minimum Gasteiger partial charge on any atom is -0.481 e. The molecule has 0 bridgehead atoms. The summed E-state index contributed by atoms with van der Waals surface area (Å²) in [5.41, 5.74) is 0.763. The molecule has 0 atom stereocenters. The minimum absolute atomic E-state index is 0.0706. The normalized spacial score (nSPS) is 9.94. The van der Waals surface area contributed by atoms with Crippen molar-refractivity contribution in [3.8, 4) is 17.1 Å². The Morgan fingerprint density at radius 3 is 2.76 bits per heavy atom. The van der Waals surface area contributed by atoms with Gasteiger partial charge >= 0.3 is 0 Å². The largest absolute Gasteiger partial charge is 0.481 e. The van der Waals surface area contributed by atoms with Crippen LogP contribution in [-0.4, -0.2) is 22.0 Å². The van der Waals surface area contributed by atoms with Crippen LogP contribution in [0.5, 0.6) is 5.88 Å². The zero-order valence-corrected chi connectivity index (χ0v) is 9.03. The van der Waals surface area contributed by atoms with E-state index in [1.807, 2.05) is 0 Å². The molecular weight excluding hydrogens is 222 g/mol. The highest BCUT2D eigenvalue weighted by Crippen LogP contribution is 2.29. The molecule has 0 aromatic carbocycles. The second-order valence-corrected chi connectivity index (χ2v) is 3.22. The quantitative estimate of drug-likeness (QED) is 0.596. The Bertz CT molecular complexity index is 543. The third-order valence-corrected chi connectivity index (χ3v) is 2.19. The number of nitro groups is 1. The molecular formula is C11H9N3O3. The van der Waals surface area contributed by atoms with E-state index < -0.39 is 4.92 Å². The molecule has 0 aliphatic heterocycles. The zero-order valence-electron chi connectivity index (χ0n) is 9.03. The van der Waals surface area contributed by atoms with Crippen molar-refractivity contribution < 1.29 is 9.66 Å². The Hall–Kier alpha value is -2.50. The lowest BCUT2D eigenvalue weighted by molar-refractivity contribution is -0.384. The number of methoxy groups -OCH3 is 1. The first kappa shape index (κ1) is 11.0. The van der Waals surface area contributed by atoms with Crippen molar-refractivity contribution in [3.63, 3.8) is 0 Å². The molecule has 0 radical (unpaired) electrons. The molecule has 2 aromatic rings. The van der Waals surface area contributed by atoms with Gasteiger partial charge in [-0.1, -0.05) is 0 Å². The van der Waals surface area contributed by atoms with Crippen LogP contribution in [0, 0.1) is 10.1 Å². The summed E-state index contributed by atoms with van der Waals surface area (Å²) < 4.78 is 4.96. The fourth-order valence-corrected chi connectivity index (χ4v) is 1.41. The summed E-state index contributed by atoms with van der Waals surface area (Å²) in [6.45, 7) is 0. The number of hydrogen-bond acceptors (Lipinski definition) is 5. The van der Waals surface area contributed by atoms with Gasteiger partial charge in [-0.2, -0.15) is 0 Å². The number of rotatable bonds is 3. The number of ether oxygens (including phenoxy) is 1. The lowest BCUT2D eigenvalue weighted by Crippen LogP contribution is -1.97. The molecule has 0 aliphatic rings. The van der Waals surface area contributed by atoms with Gasteiger partial charge in [0.05, 0.1) is 12.0 Å². The van der Waals surface area contributed by atoms with Gasteiger partial charge in [0.15, 0.2) is 5.69 Å². The topological polar surface area (TPSA) is 78.2 Å². The Labute approximate surface area is 97.1 Å². The van der Waals surface area contributed by atoms with Crippen molar-refractivity contribution in [2.45, 2.75) is 0 Å². The van der Waals surface area contributed by atoms with Crippen molar-refractivity contribution in [3.05, 3.63) is 46.8 Å². The first-order valence-electron chi connectivity index (χ1n) is 4.82. The molecule has 0 fully saturated rings. The number of hydrogen-bond donors (Lipinski definition) is 0. The van der Waals surface area contributed by atoms with E-state index in [-0.39, 0.29) is 11.4 Å². The van der Waals surface area contributed by atoms with Crippen LogP contribution in [0.2, 0.25) is 0 Å². The van der Waals surface area contributed by atoms with Crippen molar-refractivity contribution in [1.82, 2.24) is 9.97 Å². The first-order chi connectivity index (χ1) is 8.22. The minimum atomic E-state index is -0.477. The van der Waals surface area contributed by atoms with Gasteiger partial charge in [0.2, 0.25) is 5.88 Å². The fraction of sp³-hybridized carbons (Fsp3) is 0.0909. The van der Waals surface area contributed by atoms with Gasteiger partial charge in [-0.15, -0.1) is 0 Å². The molecule has 2 aromatic heterocycles. The fourth-order valence-electron chi connectivity index (χ4n) is 1.41. The summed E-state index contributed by atoms with van der Waals surface area (Å²) in [6, 6.07) is 6.23. The molecule has 0 amide bonds. The maximum Gasteiger partial charge on any atom is 0.295 e. The molecule has 2 heterocycles. The molecule has 0 unspecified atom stereocenters. The molecule has 86 valence electrons. The van der Waals surface area contributed by atoms with Crippen LogP contribution in [0.25, 0.3) is 11.3 Å². The van der Waals surface area contributed by atoms with Crippen LogP contribution in [0.4, 0.5) is 5.69 Å². The lowest BCUT2D eigenvalue weighted by Gasteiger charge is -2.04. The highest BCUT2D eigenvalue weighted by atomic mass is 16.6. The highest BCUT2D eigenvalue weighted by Gasteiger charge is 2.17. The molecule has 17 heavy (non-hydrogen) atoms. The van der Waals surface area contributed by atoms with Gasteiger partial charge in [0.1, 0.15) is 0 Å². The molecule has 2 rings (SSSR count). The third kappa shape index (κ3) is 2.20. The maximum atomic E-state index is 10.9. The molecule has 0 N–H and O–H groups in total. The summed E-state index contributed by atoms with van der Waals surface area (Å²) in [5, 5.41) is 10.9. The Morgan fingerprint density at radius 1 is 1.35 bits per heavy atom. The van der Waals surface area contributed by atoms with Crippen LogP contribution in [0.3, 0.4) is 0 Å². The van der Waals surface area contributed by atoms with Crippen molar-refractivity contribution in [2.75, 3.05) is 7.11 Å². The van der Waals surface area contributed by atoms with Crippen molar-refractivity contribution in [1.29, 1.82) is 0 Å². The summed E-state index contributed by atoms with van der Waals surface area (Å²) in [4.78, 5) is 18.4. The van der Waals surface area contributed by atoms with Gasteiger partial charge in [-0.25, -0.2) is 4.98 Å². The number of nitrogens with zero attached hydrogens (tertiary/aromatic N) is 3. The van der Waals surface area contributed by atoms with E-state index >= 15 is 0 Å². The highest BCUT2D eigenvalue weighted by molar-refractivity contribution is 5.69.